The zero-order valence-electron chi connectivity index (χ0n) is 13.7. The van der Waals surface area contributed by atoms with Gasteiger partial charge in [-0.15, -0.1) is 0 Å². The highest BCUT2D eigenvalue weighted by molar-refractivity contribution is 5.74. The van der Waals surface area contributed by atoms with Crippen LogP contribution in [0.25, 0.3) is 11.1 Å². The van der Waals surface area contributed by atoms with Crippen LogP contribution in [0, 0.1) is 0 Å². The molecule has 0 aliphatic carbocycles. The first-order valence-electron chi connectivity index (χ1n) is 7.94. The van der Waals surface area contributed by atoms with Gasteiger partial charge in [-0.2, -0.15) is 0 Å². The Morgan fingerprint density at radius 1 is 1.04 bits per heavy atom. The second-order valence-corrected chi connectivity index (χ2v) is 5.65. The van der Waals surface area contributed by atoms with Gasteiger partial charge in [0.25, 0.3) is 0 Å². The highest BCUT2D eigenvalue weighted by Gasteiger charge is 2.16. The lowest BCUT2D eigenvalue weighted by Gasteiger charge is -2.16. The Labute approximate surface area is 137 Å². The minimum absolute atomic E-state index is 0.306. The first kappa shape index (κ1) is 15.8. The summed E-state index contributed by atoms with van der Waals surface area (Å²) in [5.74, 6) is 1.59. The zero-order chi connectivity index (χ0) is 16.1. The van der Waals surface area contributed by atoms with Gasteiger partial charge in [0, 0.05) is 18.2 Å². The number of ether oxygens (including phenoxy) is 3. The first-order valence-corrected chi connectivity index (χ1v) is 7.94. The Hall–Kier alpha value is -2.04. The molecule has 0 unspecified atom stereocenters. The van der Waals surface area contributed by atoms with Crippen LogP contribution in [0.3, 0.4) is 0 Å². The van der Waals surface area contributed by atoms with Crippen molar-refractivity contribution in [3.8, 4) is 22.6 Å². The van der Waals surface area contributed by atoms with Gasteiger partial charge >= 0.3 is 0 Å². The summed E-state index contributed by atoms with van der Waals surface area (Å²) in [6.45, 7) is 2.59. The molecule has 0 spiro atoms. The third-order valence-corrected chi connectivity index (χ3v) is 4.21. The van der Waals surface area contributed by atoms with Gasteiger partial charge in [-0.25, -0.2) is 0 Å². The van der Waals surface area contributed by atoms with Gasteiger partial charge in [-0.3, -0.25) is 0 Å². The molecule has 0 bridgehead atoms. The van der Waals surface area contributed by atoms with E-state index in [0.717, 1.165) is 42.1 Å². The van der Waals surface area contributed by atoms with Crippen LogP contribution in [0.4, 0.5) is 0 Å². The molecule has 1 fully saturated rings. The minimum Gasteiger partial charge on any atom is -0.497 e. The van der Waals surface area contributed by atoms with Gasteiger partial charge in [0.05, 0.1) is 26.9 Å². The van der Waals surface area contributed by atoms with Crippen molar-refractivity contribution in [2.75, 3.05) is 27.3 Å². The van der Waals surface area contributed by atoms with Crippen molar-refractivity contribution >= 4 is 0 Å². The van der Waals surface area contributed by atoms with Gasteiger partial charge in [-0.1, -0.05) is 24.3 Å². The molecule has 4 nitrogen and oxygen atoms in total. The average Bonchev–Trinajstić information content (AvgIpc) is 3.13. The van der Waals surface area contributed by atoms with Crippen LogP contribution >= 0.6 is 0 Å². The van der Waals surface area contributed by atoms with Crippen molar-refractivity contribution in [1.29, 1.82) is 0 Å². The summed E-state index contributed by atoms with van der Waals surface area (Å²) < 4.78 is 16.9. The van der Waals surface area contributed by atoms with E-state index >= 15 is 0 Å². The lowest BCUT2D eigenvalue weighted by atomic mass is 9.99. The van der Waals surface area contributed by atoms with Crippen molar-refractivity contribution in [3.05, 3.63) is 48.0 Å². The van der Waals surface area contributed by atoms with E-state index in [2.05, 4.69) is 17.4 Å². The topological polar surface area (TPSA) is 39.7 Å². The van der Waals surface area contributed by atoms with Crippen LogP contribution in [0.2, 0.25) is 0 Å². The lowest BCUT2D eigenvalue weighted by molar-refractivity contribution is 0.0545. The smallest absolute Gasteiger partial charge is 0.130 e. The fourth-order valence-electron chi connectivity index (χ4n) is 2.91. The molecule has 1 N–H and O–H groups in total. The molecule has 3 rings (SSSR count). The van der Waals surface area contributed by atoms with E-state index in [1.807, 2.05) is 30.3 Å². The number of hydrogen-bond donors (Lipinski definition) is 1. The van der Waals surface area contributed by atoms with E-state index < -0.39 is 0 Å². The molecule has 2 aromatic carbocycles. The summed E-state index contributed by atoms with van der Waals surface area (Å²) in [7, 11) is 3.34. The molecule has 1 aliphatic heterocycles. The Balaban J connectivity index is 1.87. The number of benzene rings is 2. The summed E-state index contributed by atoms with van der Waals surface area (Å²) in [5.41, 5.74) is 3.36. The summed E-state index contributed by atoms with van der Waals surface area (Å²) in [6.07, 6.45) is 1.38. The van der Waals surface area contributed by atoms with E-state index in [0.29, 0.717) is 12.7 Å². The van der Waals surface area contributed by atoms with Crippen LogP contribution in [-0.4, -0.2) is 33.4 Å². The van der Waals surface area contributed by atoms with Crippen molar-refractivity contribution in [1.82, 2.24) is 5.32 Å². The maximum absolute atomic E-state index is 6.04. The molecule has 0 amide bonds. The zero-order valence-corrected chi connectivity index (χ0v) is 13.7. The lowest BCUT2D eigenvalue weighted by Crippen LogP contribution is -2.16. The summed E-state index contributed by atoms with van der Waals surface area (Å²) in [5, 5.41) is 3.33. The Morgan fingerprint density at radius 2 is 1.91 bits per heavy atom. The highest BCUT2D eigenvalue weighted by atomic mass is 16.5. The van der Waals surface area contributed by atoms with Crippen LogP contribution in [-0.2, 0) is 11.3 Å². The molecule has 1 heterocycles. The summed E-state index contributed by atoms with van der Waals surface area (Å²) in [6, 6.07) is 14.2. The molecule has 2 aromatic rings. The second-order valence-electron chi connectivity index (χ2n) is 5.65. The van der Waals surface area contributed by atoms with Crippen molar-refractivity contribution in [2.24, 2.45) is 0 Å². The quantitative estimate of drug-likeness (QED) is 0.888. The van der Waals surface area contributed by atoms with E-state index in [1.165, 1.54) is 5.56 Å². The third kappa shape index (κ3) is 3.66. The van der Waals surface area contributed by atoms with E-state index in [9.17, 15) is 0 Å². The number of hydrogen-bond acceptors (Lipinski definition) is 4. The minimum atomic E-state index is 0.306. The van der Waals surface area contributed by atoms with E-state index in [1.54, 1.807) is 14.2 Å². The van der Waals surface area contributed by atoms with Crippen LogP contribution < -0.4 is 14.8 Å². The highest BCUT2D eigenvalue weighted by Crippen LogP contribution is 2.35. The van der Waals surface area contributed by atoms with Crippen molar-refractivity contribution in [2.45, 2.75) is 19.1 Å². The molecule has 0 saturated carbocycles. The molecule has 1 saturated heterocycles. The number of rotatable bonds is 6. The van der Waals surface area contributed by atoms with Crippen molar-refractivity contribution in [3.63, 3.8) is 0 Å². The van der Waals surface area contributed by atoms with E-state index in [-0.39, 0.29) is 0 Å². The molecular formula is C19H23NO3. The molecule has 0 aromatic heterocycles. The standard InChI is InChI=1S/C19H23NO3/c1-21-15-7-8-18(19(11-15)22-2)17-6-4-3-5-14(17)13-23-16-9-10-20-12-16/h3-8,11,16,20H,9-10,12-13H2,1-2H3/t16-/m0/s1. The van der Waals surface area contributed by atoms with E-state index in [4.69, 9.17) is 14.2 Å². The molecule has 23 heavy (non-hydrogen) atoms. The summed E-state index contributed by atoms with van der Waals surface area (Å²) in [4.78, 5) is 0. The molecule has 1 aliphatic rings. The maximum Gasteiger partial charge on any atom is 0.130 e. The van der Waals surface area contributed by atoms with Crippen LogP contribution in [0.5, 0.6) is 11.5 Å². The fraction of sp³-hybridized carbons (Fsp3) is 0.368. The maximum atomic E-state index is 6.04. The van der Waals surface area contributed by atoms with Gasteiger partial charge in [0.15, 0.2) is 0 Å². The predicted octanol–water partition coefficient (Wildman–Crippen LogP) is 3.25. The van der Waals surface area contributed by atoms with Gasteiger partial charge in [0.1, 0.15) is 11.5 Å². The van der Waals surface area contributed by atoms with Gasteiger partial charge in [0.2, 0.25) is 0 Å². The molecule has 122 valence electrons. The number of methoxy groups -OCH3 is 2. The van der Waals surface area contributed by atoms with Gasteiger partial charge in [-0.05, 0) is 36.2 Å². The normalized spacial score (nSPS) is 17.2. The Bertz CT molecular complexity index is 651. The molecule has 0 radical (unpaired) electrons. The number of nitrogens with one attached hydrogen (secondary N) is 1. The average molecular weight is 313 g/mol. The first-order chi connectivity index (χ1) is 11.3. The van der Waals surface area contributed by atoms with Crippen molar-refractivity contribution < 1.29 is 14.2 Å². The SMILES string of the molecule is COc1ccc(-c2ccccc2CO[C@H]2CCNC2)c(OC)c1. The molecular weight excluding hydrogens is 290 g/mol. The molecule has 4 heteroatoms. The fourth-order valence-corrected chi connectivity index (χ4v) is 2.91. The third-order valence-electron chi connectivity index (χ3n) is 4.21. The predicted molar refractivity (Wildman–Crippen MR) is 91.0 cm³/mol. The van der Waals surface area contributed by atoms with Crippen LogP contribution in [0.1, 0.15) is 12.0 Å². The molecule has 1 atom stereocenters. The Morgan fingerprint density at radius 3 is 2.65 bits per heavy atom. The Kier molecular flexibility index (Phi) is 5.16. The summed E-state index contributed by atoms with van der Waals surface area (Å²) >= 11 is 0. The monoisotopic (exact) mass is 313 g/mol. The van der Waals surface area contributed by atoms with Gasteiger partial charge < -0.3 is 19.5 Å². The largest absolute Gasteiger partial charge is 0.497 e. The second kappa shape index (κ2) is 7.49. The van der Waals surface area contributed by atoms with Crippen LogP contribution in [0.15, 0.2) is 42.5 Å².